The molecule has 1 aliphatic carbocycles. The van der Waals surface area contributed by atoms with Crippen LogP contribution in [0.3, 0.4) is 0 Å². The van der Waals surface area contributed by atoms with E-state index in [1.807, 2.05) is 0 Å². The first kappa shape index (κ1) is 23.5. The van der Waals surface area contributed by atoms with Crippen LogP contribution in [0.25, 0.3) is 0 Å². The number of aryl methyl sites for hydroxylation is 1. The van der Waals surface area contributed by atoms with E-state index in [9.17, 15) is 14.4 Å². The molecule has 0 radical (unpaired) electrons. The summed E-state index contributed by atoms with van der Waals surface area (Å²) in [5, 5.41) is 12.5. The zero-order valence-electron chi connectivity index (χ0n) is 20.1. The van der Waals surface area contributed by atoms with Crippen LogP contribution in [-0.2, 0) is 19.7 Å². The number of anilines is 2. The minimum absolute atomic E-state index is 0.00258. The Kier molecular flexibility index (Phi) is 6.31. The van der Waals surface area contributed by atoms with Crippen molar-refractivity contribution >= 4 is 29.2 Å². The third kappa shape index (κ3) is 4.54. The maximum atomic E-state index is 13.4. The van der Waals surface area contributed by atoms with Crippen LogP contribution in [0, 0.1) is 18.8 Å². The second kappa shape index (κ2) is 9.41. The molecule has 3 aliphatic rings. The molecule has 10 nitrogen and oxygen atoms in total. The quantitative estimate of drug-likeness (QED) is 0.597. The number of aromatic nitrogens is 2. The third-order valence-electron chi connectivity index (χ3n) is 7.66. The molecule has 0 aromatic carbocycles. The normalized spacial score (nSPS) is 23.9. The van der Waals surface area contributed by atoms with Crippen LogP contribution >= 0.6 is 0 Å². The van der Waals surface area contributed by atoms with E-state index in [2.05, 4.69) is 33.0 Å². The first-order valence-corrected chi connectivity index (χ1v) is 12.3. The summed E-state index contributed by atoms with van der Waals surface area (Å²) in [5.41, 5.74) is 1.03. The number of pyridine rings is 1. The predicted molar refractivity (Wildman–Crippen MR) is 127 cm³/mol. The van der Waals surface area contributed by atoms with Crippen molar-refractivity contribution < 1.29 is 23.6 Å². The molecule has 2 aromatic rings. The summed E-state index contributed by atoms with van der Waals surface area (Å²) in [6, 6.07) is 2.50. The lowest BCUT2D eigenvalue weighted by atomic mass is 9.76. The number of carbonyl (C=O) groups is 3. The highest BCUT2D eigenvalue weighted by atomic mass is 16.5. The van der Waals surface area contributed by atoms with Crippen molar-refractivity contribution in [3.63, 3.8) is 0 Å². The van der Waals surface area contributed by atoms with Crippen LogP contribution in [0.1, 0.15) is 67.3 Å². The molecule has 0 unspecified atom stereocenters. The first-order valence-electron chi connectivity index (χ1n) is 12.3. The van der Waals surface area contributed by atoms with Gasteiger partial charge in [-0.3, -0.25) is 14.4 Å². The lowest BCUT2D eigenvalue weighted by Crippen LogP contribution is -2.49. The molecule has 5 rings (SSSR count). The summed E-state index contributed by atoms with van der Waals surface area (Å²) < 4.78 is 10.5. The molecule has 1 saturated carbocycles. The van der Waals surface area contributed by atoms with Gasteiger partial charge in [-0.2, -0.15) is 0 Å². The molecule has 3 amide bonds. The highest BCUT2D eigenvalue weighted by molar-refractivity contribution is 6.07. The monoisotopic (exact) mass is 481 g/mol. The van der Waals surface area contributed by atoms with Crippen molar-refractivity contribution in [2.75, 3.05) is 23.8 Å². The van der Waals surface area contributed by atoms with Crippen molar-refractivity contribution in [1.29, 1.82) is 0 Å². The fourth-order valence-corrected chi connectivity index (χ4v) is 5.50. The molecule has 3 N–H and O–H groups in total. The molecule has 2 aromatic heterocycles. The second-order valence-corrected chi connectivity index (χ2v) is 10.0. The molecule has 1 atom stereocenters. The van der Waals surface area contributed by atoms with E-state index in [4.69, 9.17) is 9.26 Å². The van der Waals surface area contributed by atoms with Gasteiger partial charge in [0.15, 0.2) is 5.69 Å². The van der Waals surface area contributed by atoms with Crippen molar-refractivity contribution in [3.05, 3.63) is 35.3 Å². The lowest BCUT2D eigenvalue weighted by molar-refractivity contribution is -0.124. The standard InChI is InChI=1S/C25H31N5O5/c1-14-3-5-16(6-4-14)21(29-22(31)19-11-15(2)35-30-19)23(32)28-20-12-18-17(13-26-20)25(24(33)27-18)7-9-34-10-8-25/h11-14,16,21H,3-10H2,1-2H3,(H,27,33)(H,29,31)(H,26,28,32)/t14-,16-,21-/m0/s1. The fourth-order valence-electron chi connectivity index (χ4n) is 5.50. The summed E-state index contributed by atoms with van der Waals surface area (Å²) >= 11 is 0. The molecular weight excluding hydrogens is 450 g/mol. The lowest BCUT2D eigenvalue weighted by Gasteiger charge is -2.32. The zero-order chi connectivity index (χ0) is 24.6. The van der Waals surface area contributed by atoms with Crippen molar-refractivity contribution in [2.45, 2.75) is 63.8 Å². The highest BCUT2D eigenvalue weighted by Gasteiger charge is 2.48. The maximum absolute atomic E-state index is 13.4. The summed E-state index contributed by atoms with van der Waals surface area (Å²) in [5.74, 6) is 0.622. The van der Waals surface area contributed by atoms with Gasteiger partial charge in [-0.15, -0.1) is 0 Å². The Morgan fingerprint density at radius 1 is 1.17 bits per heavy atom. The number of ether oxygens (including phenoxy) is 1. The Balaban J connectivity index is 1.34. The Bertz CT molecular complexity index is 1130. The van der Waals surface area contributed by atoms with E-state index in [0.29, 0.717) is 49.2 Å². The van der Waals surface area contributed by atoms with Gasteiger partial charge in [0.1, 0.15) is 17.6 Å². The van der Waals surface area contributed by atoms with Gasteiger partial charge < -0.3 is 25.2 Å². The highest BCUT2D eigenvalue weighted by Crippen LogP contribution is 2.44. The van der Waals surface area contributed by atoms with Gasteiger partial charge in [-0.1, -0.05) is 24.9 Å². The Morgan fingerprint density at radius 2 is 1.91 bits per heavy atom. The van der Waals surface area contributed by atoms with Crippen molar-refractivity contribution in [1.82, 2.24) is 15.5 Å². The molecule has 1 spiro atoms. The molecule has 1 saturated heterocycles. The largest absolute Gasteiger partial charge is 0.381 e. The summed E-state index contributed by atoms with van der Waals surface area (Å²) in [6.07, 6.45) is 6.57. The van der Waals surface area contributed by atoms with Crippen LogP contribution < -0.4 is 16.0 Å². The van der Waals surface area contributed by atoms with Gasteiger partial charge in [-0.05, 0) is 44.4 Å². The first-order chi connectivity index (χ1) is 16.9. The summed E-state index contributed by atoms with van der Waals surface area (Å²) in [7, 11) is 0. The Hall–Kier alpha value is -3.27. The maximum Gasteiger partial charge on any atom is 0.274 e. The third-order valence-corrected chi connectivity index (χ3v) is 7.66. The van der Waals surface area contributed by atoms with Gasteiger partial charge in [0.2, 0.25) is 11.8 Å². The molecule has 4 heterocycles. The minimum atomic E-state index is -0.738. The van der Waals surface area contributed by atoms with E-state index < -0.39 is 17.4 Å². The molecule has 186 valence electrons. The number of fused-ring (bicyclic) bond motifs is 2. The topological polar surface area (TPSA) is 135 Å². The molecule has 0 bridgehead atoms. The van der Waals surface area contributed by atoms with Gasteiger partial charge in [-0.25, -0.2) is 4.98 Å². The summed E-state index contributed by atoms with van der Waals surface area (Å²) in [6.45, 7) is 4.96. The minimum Gasteiger partial charge on any atom is -0.381 e. The molecule has 2 fully saturated rings. The van der Waals surface area contributed by atoms with Gasteiger partial charge in [0, 0.05) is 37.1 Å². The number of nitrogens with zero attached hydrogens (tertiary/aromatic N) is 2. The molecule has 2 aliphatic heterocycles. The SMILES string of the molecule is Cc1cc(C(=O)N[C@H](C(=O)Nc2cc3c(cn2)C2(CCOCC2)C(=O)N3)[C@H]2CC[C@H](C)CC2)no1. The Labute approximate surface area is 203 Å². The van der Waals surface area contributed by atoms with Crippen molar-refractivity contribution in [2.24, 2.45) is 11.8 Å². The van der Waals surface area contributed by atoms with Crippen molar-refractivity contribution in [3.8, 4) is 0 Å². The molecular formula is C25H31N5O5. The molecule has 35 heavy (non-hydrogen) atoms. The fraction of sp³-hybridized carbons (Fsp3) is 0.560. The van der Waals surface area contributed by atoms with E-state index in [1.54, 1.807) is 25.3 Å². The van der Waals surface area contributed by atoms with Crippen LogP contribution in [0.15, 0.2) is 22.9 Å². The number of nitrogens with one attached hydrogen (secondary N) is 3. The number of carbonyl (C=O) groups excluding carboxylic acids is 3. The van der Waals surface area contributed by atoms with E-state index in [0.717, 1.165) is 31.2 Å². The average Bonchev–Trinajstić information content (AvgIpc) is 3.39. The van der Waals surface area contributed by atoms with Crippen LogP contribution in [0.4, 0.5) is 11.5 Å². The predicted octanol–water partition coefficient (Wildman–Crippen LogP) is 2.94. The molecule has 10 heteroatoms. The zero-order valence-corrected chi connectivity index (χ0v) is 20.1. The number of rotatable bonds is 5. The smallest absolute Gasteiger partial charge is 0.274 e. The summed E-state index contributed by atoms with van der Waals surface area (Å²) in [4.78, 5) is 43.5. The van der Waals surface area contributed by atoms with Crippen LogP contribution in [0.5, 0.6) is 0 Å². The Morgan fingerprint density at radius 3 is 2.60 bits per heavy atom. The van der Waals surface area contributed by atoms with E-state index in [-0.39, 0.29) is 23.4 Å². The van der Waals surface area contributed by atoms with Crippen LogP contribution in [0.2, 0.25) is 0 Å². The number of amides is 3. The van der Waals surface area contributed by atoms with Gasteiger partial charge >= 0.3 is 0 Å². The number of hydrogen-bond donors (Lipinski definition) is 3. The van der Waals surface area contributed by atoms with E-state index >= 15 is 0 Å². The average molecular weight is 482 g/mol. The number of hydrogen-bond acceptors (Lipinski definition) is 7. The van der Waals surface area contributed by atoms with Gasteiger partial charge in [0.05, 0.1) is 11.1 Å². The van der Waals surface area contributed by atoms with Gasteiger partial charge in [0.25, 0.3) is 5.91 Å². The second-order valence-electron chi connectivity index (χ2n) is 10.0. The van der Waals surface area contributed by atoms with E-state index in [1.165, 1.54) is 0 Å². The van der Waals surface area contributed by atoms with Crippen LogP contribution in [-0.4, -0.2) is 47.1 Å².